The Bertz CT molecular complexity index is 1010. The van der Waals surface area contributed by atoms with E-state index in [1.165, 1.54) is 11.3 Å². The van der Waals surface area contributed by atoms with E-state index in [2.05, 4.69) is 15.5 Å². The zero-order valence-corrected chi connectivity index (χ0v) is 15.1. The van der Waals surface area contributed by atoms with Gasteiger partial charge in [-0.1, -0.05) is 41.7 Å². The zero-order chi connectivity index (χ0) is 17.8. The summed E-state index contributed by atoms with van der Waals surface area (Å²) in [6.45, 7) is 0. The Kier molecular flexibility index (Phi) is 4.72. The molecule has 0 saturated carbocycles. The molecule has 0 radical (unpaired) electrons. The van der Waals surface area contributed by atoms with Crippen LogP contribution in [-0.2, 0) is 0 Å². The average molecular weight is 379 g/mol. The molecule has 0 unspecified atom stereocenters. The topological polar surface area (TPSA) is 64.1 Å². The number of carbonyl (C=O) groups excluding carboxylic acids is 1. The van der Waals surface area contributed by atoms with E-state index >= 15 is 0 Å². The number of nitrogens with one attached hydrogen (secondary N) is 1. The predicted molar refractivity (Wildman–Crippen MR) is 104 cm³/mol. The molecule has 1 amide bonds. The first-order chi connectivity index (χ1) is 12.8. The minimum absolute atomic E-state index is 0.252. The highest BCUT2D eigenvalue weighted by molar-refractivity contribution is 7.23. The molecular formula is C19H13N3O2S2. The quantitative estimate of drug-likeness (QED) is 0.510. The van der Waals surface area contributed by atoms with Gasteiger partial charge in [-0.25, -0.2) is 0 Å². The number of hydrogen-bond acceptors (Lipinski definition) is 6. The molecule has 2 aromatic heterocycles. The number of carbonyl (C=O) groups is 1. The van der Waals surface area contributed by atoms with Gasteiger partial charge in [-0.2, -0.15) is 0 Å². The van der Waals surface area contributed by atoms with Gasteiger partial charge in [0.05, 0.1) is 4.88 Å². The van der Waals surface area contributed by atoms with E-state index in [-0.39, 0.29) is 5.91 Å². The lowest BCUT2D eigenvalue weighted by Gasteiger charge is -2.07. The summed E-state index contributed by atoms with van der Waals surface area (Å²) >= 11 is 2.93. The highest BCUT2D eigenvalue weighted by Crippen LogP contribution is 2.30. The van der Waals surface area contributed by atoms with Crippen molar-refractivity contribution in [1.82, 2.24) is 10.2 Å². The van der Waals surface area contributed by atoms with Crippen molar-refractivity contribution in [3.8, 4) is 21.4 Å². The van der Waals surface area contributed by atoms with Gasteiger partial charge in [-0.15, -0.1) is 21.5 Å². The Hall–Kier alpha value is -3.03. The fourth-order valence-corrected chi connectivity index (χ4v) is 3.80. The number of thiophene rings is 1. The van der Waals surface area contributed by atoms with Crippen molar-refractivity contribution < 1.29 is 9.53 Å². The normalized spacial score (nSPS) is 10.5. The van der Waals surface area contributed by atoms with Crippen molar-refractivity contribution in [2.75, 3.05) is 5.32 Å². The zero-order valence-electron chi connectivity index (χ0n) is 13.5. The van der Waals surface area contributed by atoms with E-state index in [0.29, 0.717) is 16.4 Å². The number of hydrogen-bond donors (Lipinski definition) is 1. The maximum atomic E-state index is 12.5. The summed E-state index contributed by atoms with van der Waals surface area (Å²) in [5, 5.41) is 14.2. The van der Waals surface area contributed by atoms with Gasteiger partial charge >= 0.3 is 0 Å². The summed E-state index contributed by atoms with van der Waals surface area (Å²) in [7, 11) is 0. The van der Waals surface area contributed by atoms with Crippen LogP contribution in [0.3, 0.4) is 0 Å². The minimum atomic E-state index is -0.252. The summed E-state index contributed by atoms with van der Waals surface area (Å²) in [5.74, 6) is 1.06. The van der Waals surface area contributed by atoms with Crippen molar-refractivity contribution in [1.29, 1.82) is 0 Å². The fourth-order valence-electron chi connectivity index (χ4n) is 2.27. The molecule has 0 aliphatic rings. The van der Waals surface area contributed by atoms with Gasteiger partial charge in [0.2, 0.25) is 5.13 Å². The molecule has 0 bridgehead atoms. The largest absolute Gasteiger partial charge is 0.457 e. The maximum Gasteiger partial charge on any atom is 0.257 e. The Morgan fingerprint density at radius 1 is 0.923 bits per heavy atom. The van der Waals surface area contributed by atoms with Crippen LogP contribution in [0, 0.1) is 0 Å². The summed E-state index contributed by atoms with van der Waals surface area (Å²) in [5.41, 5.74) is 0.492. The van der Waals surface area contributed by atoms with Crippen LogP contribution in [0.15, 0.2) is 72.1 Å². The van der Waals surface area contributed by atoms with Gasteiger partial charge in [0.15, 0.2) is 5.01 Å². The Morgan fingerprint density at radius 2 is 1.77 bits per heavy atom. The molecule has 128 valence electrons. The van der Waals surface area contributed by atoms with Crippen LogP contribution in [0.25, 0.3) is 9.88 Å². The molecule has 0 spiro atoms. The van der Waals surface area contributed by atoms with Gasteiger partial charge in [0.1, 0.15) is 11.5 Å². The molecule has 0 atom stereocenters. The highest BCUT2D eigenvalue weighted by atomic mass is 32.1. The summed E-state index contributed by atoms with van der Waals surface area (Å²) in [6, 6.07) is 20.4. The van der Waals surface area contributed by atoms with Crippen molar-refractivity contribution in [3.05, 3.63) is 77.7 Å². The van der Waals surface area contributed by atoms with Crippen LogP contribution >= 0.6 is 22.7 Å². The van der Waals surface area contributed by atoms with Crippen LogP contribution in [0.1, 0.15) is 10.4 Å². The second kappa shape index (κ2) is 7.47. The molecule has 2 heterocycles. The number of amides is 1. The standard InChI is InChI=1S/C19H13N3O2S2/c23-17(20-19-22-21-18(26-19)16-10-5-11-25-16)13-6-4-9-15(12-13)24-14-7-2-1-3-8-14/h1-12H,(H,20,22,23). The summed E-state index contributed by atoms with van der Waals surface area (Å²) < 4.78 is 5.77. The van der Waals surface area contributed by atoms with Crippen LogP contribution in [0.5, 0.6) is 11.5 Å². The number of benzene rings is 2. The fraction of sp³-hybridized carbons (Fsp3) is 0. The van der Waals surface area contributed by atoms with Gasteiger partial charge in [0, 0.05) is 5.56 Å². The first kappa shape index (κ1) is 16.4. The number of anilines is 1. The van der Waals surface area contributed by atoms with E-state index in [1.807, 2.05) is 53.9 Å². The first-order valence-corrected chi connectivity index (χ1v) is 9.49. The van der Waals surface area contributed by atoms with Crippen molar-refractivity contribution >= 4 is 33.7 Å². The molecule has 7 heteroatoms. The van der Waals surface area contributed by atoms with E-state index < -0.39 is 0 Å². The maximum absolute atomic E-state index is 12.5. The lowest BCUT2D eigenvalue weighted by Crippen LogP contribution is -2.11. The molecule has 1 N–H and O–H groups in total. The van der Waals surface area contributed by atoms with E-state index in [9.17, 15) is 4.79 Å². The molecular weight excluding hydrogens is 366 g/mol. The third kappa shape index (κ3) is 3.79. The van der Waals surface area contributed by atoms with Gasteiger partial charge in [-0.05, 0) is 41.8 Å². The molecule has 5 nitrogen and oxygen atoms in total. The Morgan fingerprint density at radius 3 is 2.58 bits per heavy atom. The van der Waals surface area contributed by atoms with Crippen LogP contribution in [0.2, 0.25) is 0 Å². The molecule has 0 saturated heterocycles. The predicted octanol–water partition coefficient (Wildman–Crippen LogP) is 5.31. The highest BCUT2D eigenvalue weighted by Gasteiger charge is 2.12. The van der Waals surface area contributed by atoms with Crippen LogP contribution < -0.4 is 10.1 Å². The number of aromatic nitrogens is 2. The third-order valence-corrected chi connectivity index (χ3v) is 5.33. The van der Waals surface area contributed by atoms with E-state index in [0.717, 1.165) is 15.6 Å². The second-order valence-corrected chi connectivity index (χ2v) is 7.21. The molecule has 26 heavy (non-hydrogen) atoms. The lowest BCUT2D eigenvalue weighted by molar-refractivity contribution is 0.102. The average Bonchev–Trinajstić information content (AvgIpc) is 3.34. The van der Waals surface area contributed by atoms with E-state index in [4.69, 9.17) is 4.74 Å². The monoisotopic (exact) mass is 379 g/mol. The SMILES string of the molecule is O=C(Nc1nnc(-c2cccs2)s1)c1cccc(Oc2ccccc2)c1. The third-order valence-electron chi connectivity index (χ3n) is 3.45. The van der Waals surface area contributed by atoms with Crippen LogP contribution in [0.4, 0.5) is 5.13 Å². The minimum Gasteiger partial charge on any atom is -0.457 e. The summed E-state index contributed by atoms with van der Waals surface area (Å²) in [6.07, 6.45) is 0. The lowest BCUT2D eigenvalue weighted by atomic mass is 10.2. The summed E-state index contributed by atoms with van der Waals surface area (Å²) in [4.78, 5) is 13.5. The van der Waals surface area contributed by atoms with Gasteiger partial charge in [0.25, 0.3) is 5.91 Å². The number of para-hydroxylation sites is 1. The molecule has 0 aliphatic carbocycles. The van der Waals surface area contributed by atoms with Crippen molar-refractivity contribution in [3.63, 3.8) is 0 Å². The van der Waals surface area contributed by atoms with Gasteiger partial charge < -0.3 is 4.74 Å². The Balaban J connectivity index is 1.47. The second-order valence-electron chi connectivity index (χ2n) is 5.29. The van der Waals surface area contributed by atoms with Crippen LogP contribution in [-0.4, -0.2) is 16.1 Å². The number of ether oxygens (including phenoxy) is 1. The molecule has 0 aliphatic heterocycles. The van der Waals surface area contributed by atoms with E-state index in [1.54, 1.807) is 29.5 Å². The molecule has 0 fully saturated rings. The Labute approximate surface area is 157 Å². The van der Waals surface area contributed by atoms with Crippen molar-refractivity contribution in [2.45, 2.75) is 0 Å². The molecule has 4 rings (SSSR count). The smallest absolute Gasteiger partial charge is 0.257 e. The number of rotatable bonds is 5. The molecule has 4 aromatic rings. The first-order valence-electron chi connectivity index (χ1n) is 7.80. The number of nitrogens with zero attached hydrogens (tertiary/aromatic N) is 2. The van der Waals surface area contributed by atoms with Crippen molar-refractivity contribution in [2.24, 2.45) is 0 Å². The molecule has 2 aromatic carbocycles. The van der Waals surface area contributed by atoms with Gasteiger partial charge in [-0.3, -0.25) is 10.1 Å².